The average Bonchev–Trinajstić information content (AvgIpc) is 2.70. The minimum absolute atomic E-state index is 0.00233. The summed E-state index contributed by atoms with van der Waals surface area (Å²) < 4.78 is 8.12. The van der Waals surface area contributed by atoms with Crippen molar-refractivity contribution in [2.24, 2.45) is 0 Å². The molecule has 0 amide bonds. The molecule has 0 fully saturated rings. The fourth-order valence-corrected chi connectivity index (χ4v) is 3.45. The summed E-state index contributed by atoms with van der Waals surface area (Å²) in [6.45, 7) is 3.30. The van der Waals surface area contributed by atoms with E-state index >= 15 is 0 Å². The number of rotatable bonds is 10. The van der Waals surface area contributed by atoms with Crippen LogP contribution in [0, 0.1) is 0 Å². The molecule has 0 N–H and O–H groups in total. The van der Waals surface area contributed by atoms with Crippen molar-refractivity contribution in [1.82, 2.24) is 0 Å². The molecule has 3 heteroatoms. The molecular formula is C24H30NO2+. The third-order valence-corrected chi connectivity index (χ3v) is 5.08. The van der Waals surface area contributed by atoms with E-state index in [1.807, 2.05) is 30.3 Å². The summed E-state index contributed by atoms with van der Waals surface area (Å²) in [6, 6.07) is 13.0. The first-order valence-corrected chi connectivity index (χ1v) is 10.3. The number of fused-ring (bicyclic) bond motifs is 1. The monoisotopic (exact) mass is 364 g/mol. The van der Waals surface area contributed by atoms with Crippen molar-refractivity contribution in [3.05, 3.63) is 65.1 Å². The van der Waals surface area contributed by atoms with Crippen LogP contribution in [0.15, 0.2) is 64.1 Å². The number of benzene rings is 1. The molecule has 0 aliphatic carbocycles. The second-order valence-corrected chi connectivity index (χ2v) is 7.27. The molecule has 0 atom stereocenters. The van der Waals surface area contributed by atoms with E-state index in [4.69, 9.17) is 4.42 Å². The minimum Gasteiger partial charge on any atom is -0.456 e. The molecule has 142 valence electrons. The Hall–Kier alpha value is -2.42. The van der Waals surface area contributed by atoms with Gasteiger partial charge in [0.25, 0.3) is 0 Å². The fraction of sp³-hybridized carbons (Fsp3) is 0.417. The van der Waals surface area contributed by atoms with Crippen molar-refractivity contribution >= 4 is 11.0 Å². The Morgan fingerprint density at radius 3 is 2.26 bits per heavy atom. The van der Waals surface area contributed by atoms with Crippen molar-refractivity contribution in [2.45, 2.75) is 64.8 Å². The molecule has 3 aromatic rings. The van der Waals surface area contributed by atoms with E-state index in [0.717, 1.165) is 12.1 Å². The van der Waals surface area contributed by atoms with Gasteiger partial charge in [-0.25, -0.2) is 4.57 Å². The van der Waals surface area contributed by atoms with Crippen LogP contribution in [-0.4, -0.2) is 0 Å². The van der Waals surface area contributed by atoms with Crippen LogP contribution >= 0.6 is 0 Å². The Morgan fingerprint density at radius 2 is 1.52 bits per heavy atom. The van der Waals surface area contributed by atoms with Crippen LogP contribution in [0.4, 0.5) is 0 Å². The highest BCUT2D eigenvalue weighted by Gasteiger charge is 2.08. The Morgan fingerprint density at radius 1 is 0.852 bits per heavy atom. The van der Waals surface area contributed by atoms with Crippen LogP contribution < -0.4 is 10.00 Å². The first-order chi connectivity index (χ1) is 13.3. The maximum Gasteiger partial charge on any atom is 0.193 e. The number of aryl methyl sites for hydroxylation is 1. The Bertz CT molecular complexity index is 896. The van der Waals surface area contributed by atoms with Crippen LogP contribution in [-0.2, 0) is 6.54 Å². The summed E-state index contributed by atoms with van der Waals surface area (Å²) in [5, 5.41) is 0.627. The molecule has 0 radical (unpaired) electrons. The SMILES string of the molecule is CCCCCCCCCC[n+]1ccc(-c2cc(=O)c3ccccc3o2)cc1. The number of aromatic nitrogens is 1. The quantitative estimate of drug-likeness (QED) is 0.332. The van der Waals surface area contributed by atoms with Crippen LogP contribution in [0.2, 0.25) is 0 Å². The first kappa shape index (κ1) is 19.3. The normalized spacial score (nSPS) is 11.1. The van der Waals surface area contributed by atoms with E-state index in [2.05, 4.69) is 23.9 Å². The van der Waals surface area contributed by atoms with Gasteiger partial charge in [0.2, 0.25) is 0 Å². The smallest absolute Gasteiger partial charge is 0.193 e. The third-order valence-electron chi connectivity index (χ3n) is 5.08. The molecule has 2 aromatic heterocycles. The zero-order valence-corrected chi connectivity index (χ0v) is 16.3. The number of hydrogen-bond donors (Lipinski definition) is 0. The predicted octanol–water partition coefficient (Wildman–Crippen LogP) is 5.89. The molecule has 3 nitrogen and oxygen atoms in total. The van der Waals surface area contributed by atoms with Crippen LogP contribution in [0.3, 0.4) is 0 Å². The molecule has 0 spiro atoms. The lowest BCUT2D eigenvalue weighted by atomic mass is 10.1. The van der Waals surface area contributed by atoms with E-state index < -0.39 is 0 Å². The molecule has 0 saturated heterocycles. The molecule has 0 aliphatic rings. The third kappa shape index (κ3) is 5.53. The summed E-state index contributed by atoms with van der Waals surface area (Å²) in [5.74, 6) is 0.623. The molecule has 1 aromatic carbocycles. The van der Waals surface area contributed by atoms with Gasteiger partial charge in [0.1, 0.15) is 17.9 Å². The fourth-order valence-electron chi connectivity index (χ4n) is 3.45. The number of unbranched alkanes of at least 4 members (excludes halogenated alkanes) is 7. The summed E-state index contributed by atoms with van der Waals surface area (Å²) >= 11 is 0. The van der Waals surface area contributed by atoms with Crippen molar-refractivity contribution in [3.63, 3.8) is 0 Å². The van der Waals surface area contributed by atoms with E-state index in [0.29, 0.717) is 16.7 Å². The average molecular weight is 365 g/mol. The van der Waals surface area contributed by atoms with Crippen LogP contribution in [0.1, 0.15) is 58.3 Å². The number of nitrogens with zero attached hydrogens (tertiary/aromatic N) is 1. The summed E-state index contributed by atoms with van der Waals surface area (Å²) in [7, 11) is 0. The molecule has 0 aliphatic heterocycles. The van der Waals surface area contributed by atoms with Gasteiger partial charge in [-0.2, -0.15) is 0 Å². The summed E-state index contributed by atoms with van der Waals surface area (Å²) in [5.41, 5.74) is 1.57. The molecule has 27 heavy (non-hydrogen) atoms. The van der Waals surface area contributed by atoms with Gasteiger partial charge in [-0.3, -0.25) is 4.79 Å². The van der Waals surface area contributed by atoms with Gasteiger partial charge in [-0.1, -0.05) is 57.6 Å². The zero-order chi connectivity index (χ0) is 18.9. The largest absolute Gasteiger partial charge is 0.456 e. The maximum absolute atomic E-state index is 12.3. The van der Waals surface area contributed by atoms with Gasteiger partial charge >= 0.3 is 0 Å². The van der Waals surface area contributed by atoms with Gasteiger partial charge in [-0.15, -0.1) is 0 Å². The number of hydrogen-bond acceptors (Lipinski definition) is 2. The Labute approximate surface area is 161 Å². The number of pyridine rings is 1. The topological polar surface area (TPSA) is 34.1 Å². The Balaban J connectivity index is 1.53. The van der Waals surface area contributed by atoms with Gasteiger partial charge in [0.05, 0.1) is 5.39 Å². The van der Waals surface area contributed by atoms with Crippen molar-refractivity contribution in [2.75, 3.05) is 0 Å². The lowest BCUT2D eigenvalue weighted by molar-refractivity contribution is -0.697. The van der Waals surface area contributed by atoms with Crippen molar-refractivity contribution < 1.29 is 8.98 Å². The second kappa shape index (κ2) is 10.1. The molecule has 0 bridgehead atoms. The van der Waals surface area contributed by atoms with E-state index in [-0.39, 0.29) is 5.43 Å². The Kier molecular flexibility index (Phi) is 7.20. The van der Waals surface area contributed by atoms with Gasteiger partial charge in [0.15, 0.2) is 17.8 Å². The van der Waals surface area contributed by atoms with Gasteiger partial charge in [0, 0.05) is 30.2 Å². The predicted molar refractivity (Wildman–Crippen MR) is 111 cm³/mol. The van der Waals surface area contributed by atoms with E-state index in [9.17, 15) is 4.79 Å². The lowest BCUT2D eigenvalue weighted by Crippen LogP contribution is -2.32. The van der Waals surface area contributed by atoms with Crippen molar-refractivity contribution in [3.8, 4) is 11.3 Å². The first-order valence-electron chi connectivity index (χ1n) is 10.3. The van der Waals surface area contributed by atoms with Gasteiger partial charge in [-0.05, 0) is 18.6 Å². The van der Waals surface area contributed by atoms with Crippen LogP contribution in [0.5, 0.6) is 0 Å². The highest BCUT2D eigenvalue weighted by Crippen LogP contribution is 2.20. The maximum atomic E-state index is 12.3. The molecule has 0 saturated carbocycles. The highest BCUT2D eigenvalue weighted by atomic mass is 16.3. The lowest BCUT2D eigenvalue weighted by Gasteiger charge is -2.03. The number of para-hydroxylation sites is 1. The molecular weight excluding hydrogens is 334 g/mol. The van der Waals surface area contributed by atoms with E-state index in [1.165, 1.54) is 51.4 Å². The standard InChI is InChI=1S/C24H30NO2/c1-2-3-4-5-6-7-8-11-16-25-17-14-20(15-18-25)24-19-22(26)21-12-9-10-13-23(21)27-24/h9-10,12-15,17-19H,2-8,11,16H2,1H3/q+1. The second-order valence-electron chi connectivity index (χ2n) is 7.27. The van der Waals surface area contributed by atoms with Crippen LogP contribution in [0.25, 0.3) is 22.3 Å². The van der Waals surface area contributed by atoms with Gasteiger partial charge < -0.3 is 4.42 Å². The molecule has 3 rings (SSSR count). The zero-order valence-electron chi connectivity index (χ0n) is 16.3. The van der Waals surface area contributed by atoms with E-state index in [1.54, 1.807) is 12.1 Å². The highest BCUT2D eigenvalue weighted by molar-refractivity contribution is 5.78. The summed E-state index contributed by atoms with van der Waals surface area (Å²) in [4.78, 5) is 12.3. The summed E-state index contributed by atoms with van der Waals surface area (Å²) in [6.07, 6.45) is 14.8. The minimum atomic E-state index is 0.00233. The van der Waals surface area contributed by atoms with Crippen molar-refractivity contribution in [1.29, 1.82) is 0 Å². The molecule has 2 heterocycles. The molecule has 0 unspecified atom stereocenters.